The summed E-state index contributed by atoms with van der Waals surface area (Å²) >= 11 is 0. The standard InChI is InChI=1S/C11H13N3O2.ClH/c1-6(12)11(15)14-8-3-4-9-10(5-8)16-7(2)13-9;/h3-6H,12H2,1-2H3,(H,14,15);1H. The third-order valence-corrected chi connectivity index (χ3v) is 2.18. The zero-order chi connectivity index (χ0) is 11.7. The maximum atomic E-state index is 11.4. The Hall–Kier alpha value is -1.59. The van der Waals surface area contributed by atoms with Crippen molar-refractivity contribution in [2.24, 2.45) is 5.73 Å². The van der Waals surface area contributed by atoms with Crippen LogP contribution in [0.2, 0.25) is 0 Å². The Kier molecular flexibility index (Phi) is 4.09. The second-order valence-electron chi connectivity index (χ2n) is 3.69. The van der Waals surface area contributed by atoms with Crippen molar-refractivity contribution in [2.75, 3.05) is 5.32 Å². The van der Waals surface area contributed by atoms with E-state index in [9.17, 15) is 4.79 Å². The van der Waals surface area contributed by atoms with Crippen LogP contribution in [0.25, 0.3) is 11.1 Å². The fourth-order valence-electron chi connectivity index (χ4n) is 1.37. The van der Waals surface area contributed by atoms with Crippen LogP contribution in [0.1, 0.15) is 12.8 Å². The summed E-state index contributed by atoms with van der Waals surface area (Å²) in [5.41, 5.74) is 7.54. The molecule has 0 aliphatic heterocycles. The number of nitrogens with two attached hydrogens (primary N) is 1. The first-order valence-electron chi connectivity index (χ1n) is 5.00. The quantitative estimate of drug-likeness (QED) is 0.858. The molecule has 0 bridgehead atoms. The van der Waals surface area contributed by atoms with Gasteiger partial charge >= 0.3 is 0 Å². The lowest BCUT2D eigenvalue weighted by Gasteiger charge is -2.06. The summed E-state index contributed by atoms with van der Waals surface area (Å²) in [6.07, 6.45) is 0. The number of amides is 1. The van der Waals surface area contributed by atoms with Crippen molar-refractivity contribution in [3.05, 3.63) is 24.1 Å². The molecule has 92 valence electrons. The van der Waals surface area contributed by atoms with Crippen LogP contribution in [-0.2, 0) is 4.79 Å². The summed E-state index contributed by atoms with van der Waals surface area (Å²) in [4.78, 5) is 15.5. The number of benzene rings is 1. The van der Waals surface area contributed by atoms with Gasteiger partial charge in [-0.1, -0.05) is 0 Å². The maximum absolute atomic E-state index is 11.4. The number of rotatable bonds is 2. The van der Waals surface area contributed by atoms with Crippen LogP contribution in [0.3, 0.4) is 0 Å². The zero-order valence-corrected chi connectivity index (χ0v) is 10.4. The van der Waals surface area contributed by atoms with Crippen molar-refractivity contribution >= 4 is 35.1 Å². The van der Waals surface area contributed by atoms with E-state index in [1.807, 2.05) is 0 Å². The first kappa shape index (κ1) is 13.5. The summed E-state index contributed by atoms with van der Waals surface area (Å²) in [7, 11) is 0. The van der Waals surface area contributed by atoms with Gasteiger partial charge in [0.25, 0.3) is 0 Å². The van der Waals surface area contributed by atoms with Crippen molar-refractivity contribution < 1.29 is 9.21 Å². The SMILES string of the molecule is Cc1nc2ccc(NC(=O)C(C)N)cc2o1.Cl. The largest absolute Gasteiger partial charge is 0.441 e. The van der Waals surface area contributed by atoms with Crippen LogP contribution in [0.4, 0.5) is 5.69 Å². The number of nitrogens with one attached hydrogen (secondary N) is 1. The predicted molar refractivity (Wildman–Crippen MR) is 68.3 cm³/mol. The topological polar surface area (TPSA) is 81.2 Å². The molecule has 1 atom stereocenters. The Morgan fingerprint density at radius 1 is 1.53 bits per heavy atom. The third kappa shape index (κ3) is 2.95. The van der Waals surface area contributed by atoms with Crippen molar-refractivity contribution in [2.45, 2.75) is 19.9 Å². The Labute approximate surface area is 105 Å². The highest BCUT2D eigenvalue weighted by Crippen LogP contribution is 2.19. The molecule has 2 rings (SSSR count). The van der Waals surface area contributed by atoms with Gasteiger partial charge in [0.1, 0.15) is 5.52 Å². The molecule has 1 amide bonds. The number of aryl methyl sites for hydroxylation is 1. The molecular weight excluding hydrogens is 242 g/mol. The van der Waals surface area contributed by atoms with Gasteiger partial charge in [0.15, 0.2) is 11.5 Å². The highest BCUT2D eigenvalue weighted by atomic mass is 35.5. The fourth-order valence-corrected chi connectivity index (χ4v) is 1.37. The molecule has 0 spiro atoms. The molecule has 0 saturated carbocycles. The summed E-state index contributed by atoms with van der Waals surface area (Å²) < 4.78 is 5.36. The number of oxazole rings is 1. The Bertz CT molecular complexity index is 536. The number of fused-ring (bicyclic) bond motifs is 1. The van der Waals surface area contributed by atoms with Gasteiger partial charge in [-0.25, -0.2) is 4.98 Å². The van der Waals surface area contributed by atoms with E-state index >= 15 is 0 Å². The second kappa shape index (κ2) is 5.16. The molecule has 0 fully saturated rings. The van der Waals surface area contributed by atoms with E-state index in [1.165, 1.54) is 0 Å². The summed E-state index contributed by atoms with van der Waals surface area (Å²) in [6.45, 7) is 3.41. The van der Waals surface area contributed by atoms with Crippen molar-refractivity contribution in [1.82, 2.24) is 4.98 Å². The van der Waals surface area contributed by atoms with Gasteiger partial charge < -0.3 is 15.5 Å². The van der Waals surface area contributed by atoms with Gasteiger partial charge in [-0.05, 0) is 19.1 Å². The summed E-state index contributed by atoms with van der Waals surface area (Å²) in [5.74, 6) is 0.376. The van der Waals surface area contributed by atoms with E-state index in [0.717, 1.165) is 5.52 Å². The Morgan fingerprint density at radius 2 is 2.24 bits per heavy atom. The average molecular weight is 256 g/mol. The fraction of sp³-hybridized carbons (Fsp3) is 0.273. The number of halogens is 1. The minimum atomic E-state index is -0.535. The number of hydrogen-bond donors (Lipinski definition) is 2. The molecule has 1 aromatic heterocycles. The highest BCUT2D eigenvalue weighted by Gasteiger charge is 2.09. The highest BCUT2D eigenvalue weighted by molar-refractivity contribution is 5.95. The number of hydrogen-bond acceptors (Lipinski definition) is 4. The molecule has 3 N–H and O–H groups in total. The molecule has 0 radical (unpaired) electrons. The average Bonchev–Trinajstić information content (AvgIpc) is 2.57. The molecule has 0 aliphatic rings. The number of nitrogens with zero attached hydrogens (tertiary/aromatic N) is 1. The summed E-state index contributed by atoms with van der Waals surface area (Å²) in [5, 5.41) is 2.69. The smallest absolute Gasteiger partial charge is 0.241 e. The van der Waals surface area contributed by atoms with Gasteiger partial charge in [-0.15, -0.1) is 12.4 Å². The van der Waals surface area contributed by atoms with E-state index in [1.54, 1.807) is 32.0 Å². The third-order valence-electron chi connectivity index (χ3n) is 2.18. The van der Waals surface area contributed by atoms with E-state index in [4.69, 9.17) is 10.2 Å². The Morgan fingerprint density at radius 3 is 2.88 bits per heavy atom. The van der Waals surface area contributed by atoms with Crippen molar-refractivity contribution in [1.29, 1.82) is 0 Å². The zero-order valence-electron chi connectivity index (χ0n) is 9.56. The summed E-state index contributed by atoms with van der Waals surface area (Å²) in [6, 6.07) is 4.76. The lowest BCUT2D eigenvalue weighted by Crippen LogP contribution is -2.32. The molecule has 17 heavy (non-hydrogen) atoms. The van der Waals surface area contributed by atoms with Crippen molar-refractivity contribution in [3.8, 4) is 0 Å². The Balaban J connectivity index is 0.00000144. The van der Waals surface area contributed by atoms with Crippen LogP contribution in [-0.4, -0.2) is 16.9 Å². The van der Waals surface area contributed by atoms with E-state index in [0.29, 0.717) is 17.2 Å². The number of carbonyl (C=O) groups is 1. The minimum Gasteiger partial charge on any atom is -0.441 e. The van der Waals surface area contributed by atoms with Crippen molar-refractivity contribution in [3.63, 3.8) is 0 Å². The lowest BCUT2D eigenvalue weighted by atomic mass is 10.2. The lowest BCUT2D eigenvalue weighted by molar-refractivity contribution is -0.117. The molecule has 1 aromatic carbocycles. The molecule has 1 unspecified atom stereocenters. The molecule has 1 heterocycles. The van der Waals surface area contributed by atoms with Crippen LogP contribution in [0, 0.1) is 6.92 Å². The van der Waals surface area contributed by atoms with Crippen LogP contribution in [0.5, 0.6) is 0 Å². The molecular formula is C11H14ClN3O2. The van der Waals surface area contributed by atoms with E-state index in [2.05, 4.69) is 10.3 Å². The van der Waals surface area contributed by atoms with Crippen LogP contribution in [0.15, 0.2) is 22.6 Å². The molecule has 0 aliphatic carbocycles. The number of anilines is 1. The first-order valence-corrected chi connectivity index (χ1v) is 5.00. The number of aromatic nitrogens is 1. The van der Waals surface area contributed by atoms with Gasteiger partial charge in [-0.3, -0.25) is 4.79 Å². The first-order chi connectivity index (χ1) is 7.56. The van der Waals surface area contributed by atoms with Gasteiger partial charge in [0, 0.05) is 18.7 Å². The molecule has 6 heteroatoms. The van der Waals surface area contributed by atoms with Crippen LogP contribution < -0.4 is 11.1 Å². The second-order valence-corrected chi connectivity index (χ2v) is 3.69. The van der Waals surface area contributed by atoms with E-state index < -0.39 is 6.04 Å². The minimum absolute atomic E-state index is 0. The molecule has 5 nitrogen and oxygen atoms in total. The van der Waals surface area contributed by atoms with Crippen LogP contribution >= 0.6 is 12.4 Å². The van der Waals surface area contributed by atoms with Gasteiger partial charge in [-0.2, -0.15) is 0 Å². The normalized spacial score (nSPS) is 11.9. The molecule has 2 aromatic rings. The van der Waals surface area contributed by atoms with Gasteiger partial charge in [0.05, 0.1) is 6.04 Å². The van der Waals surface area contributed by atoms with Gasteiger partial charge in [0.2, 0.25) is 5.91 Å². The van der Waals surface area contributed by atoms with E-state index in [-0.39, 0.29) is 18.3 Å². The molecule has 0 saturated heterocycles. The maximum Gasteiger partial charge on any atom is 0.241 e. The predicted octanol–water partition coefficient (Wildman–Crippen LogP) is 1.84. The number of carbonyl (C=O) groups excluding carboxylic acids is 1. The monoisotopic (exact) mass is 255 g/mol.